The van der Waals surface area contributed by atoms with Crippen LogP contribution in [0.4, 0.5) is 0 Å². The highest BCUT2D eigenvalue weighted by atomic mass is 15.0. The van der Waals surface area contributed by atoms with Gasteiger partial charge in [-0.25, -0.2) is 4.98 Å². The summed E-state index contributed by atoms with van der Waals surface area (Å²) in [5.41, 5.74) is 2.50. The van der Waals surface area contributed by atoms with Crippen LogP contribution >= 0.6 is 0 Å². The van der Waals surface area contributed by atoms with Gasteiger partial charge in [0.05, 0.1) is 12.0 Å². The molecule has 1 aromatic rings. The normalized spacial score (nSPS) is 11.1. The molecule has 0 unspecified atom stereocenters. The highest BCUT2D eigenvalue weighted by Gasteiger charge is 2.00. The van der Waals surface area contributed by atoms with Crippen LogP contribution in [0.2, 0.25) is 0 Å². The van der Waals surface area contributed by atoms with Crippen LogP contribution in [0.5, 0.6) is 0 Å². The van der Waals surface area contributed by atoms with Crippen LogP contribution in [0.1, 0.15) is 82.5 Å². The molecule has 0 radical (unpaired) electrons. The van der Waals surface area contributed by atoms with Gasteiger partial charge in [-0.2, -0.15) is 0 Å². The average molecular weight is 264 g/mol. The number of aryl methyl sites for hydroxylation is 2. The molecule has 0 aliphatic carbocycles. The Labute approximate surface area is 119 Å². The molecular formula is C17H32N2. The topological polar surface area (TPSA) is 17.8 Å². The zero-order chi connectivity index (χ0) is 13.9. The molecule has 2 heteroatoms. The van der Waals surface area contributed by atoms with E-state index in [9.17, 15) is 0 Å². The Morgan fingerprint density at radius 3 is 1.84 bits per heavy atom. The number of hydrogen-bond donors (Lipinski definition) is 0. The SMILES string of the molecule is CCCCCCCCCCCCn1cnc(C)c1C. The average Bonchev–Trinajstić information content (AvgIpc) is 2.73. The maximum absolute atomic E-state index is 4.34. The van der Waals surface area contributed by atoms with Gasteiger partial charge in [0.2, 0.25) is 0 Å². The van der Waals surface area contributed by atoms with Gasteiger partial charge in [-0.1, -0.05) is 64.7 Å². The number of rotatable bonds is 11. The first-order valence-corrected chi connectivity index (χ1v) is 8.24. The van der Waals surface area contributed by atoms with E-state index in [2.05, 4.69) is 30.3 Å². The van der Waals surface area contributed by atoms with Crippen molar-refractivity contribution < 1.29 is 0 Å². The van der Waals surface area contributed by atoms with Crippen molar-refractivity contribution in [2.45, 2.75) is 91.5 Å². The van der Waals surface area contributed by atoms with E-state index in [1.54, 1.807) is 0 Å². The van der Waals surface area contributed by atoms with Gasteiger partial charge in [-0.3, -0.25) is 0 Å². The number of unbranched alkanes of at least 4 members (excludes halogenated alkanes) is 9. The molecule has 0 N–H and O–H groups in total. The largest absolute Gasteiger partial charge is 0.335 e. The van der Waals surface area contributed by atoms with Crippen molar-refractivity contribution in [3.8, 4) is 0 Å². The smallest absolute Gasteiger partial charge is 0.0951 e. The molecule has 0 amide bonds. The summed E-state index contributed by atoms with van der Waals surface area (Å²) in [6, 6.07) is 0. The van der Waals surface area contributed by atoms with Gasteiger partial charge in [0.25, 0.3) is 0 Å². The fourth-order valence-corrected chi connectivity index (χ4v) is 2.54. The van der Waals surface area contributed by atoms with Crippen LogP contribution in [0.15, 0.2) is 6.33 Å². The quantitative estimate of drug-likeness (QED) is 0.488. The van der Waals surface area contributed by atoms with Crippen LogP contribution in [0.25, 0.3) is 0 Å². The molecule has 0 saturated heterocycles. The fraction of sp³-hybridized carbons (Fsp3) is 0.824. The van der Waals surface area contributed by atoms with Crippen molar-refractivity contribution >= 4 is 0 Å². The standard InChI is InChI=1S/C17H32N2/c1-4-5-6-7-8-9-10-11-12-13-14-19-15-18-16(2)17(19)3/h15H,4-14H2,1-3H3. The monoisotopic (exact) mass is 264 g/mol. The summed E-state index contributed by atoms with van der Waals surface area (Å²) in [4.78, 5) is 4.34. The Morgan fingerprint density at radius 1 is 0.842 bits per heavy atom. The lowest BCUT2D eigenvalue weighted by Crippen LogP contribution is -1.99. The highest BCUT2D eigenvalue weighted by molar-refractivity contribution is 5.08. The third-order valence-corrected chi connectivity index (χ3v) is 4.10. The second-order valence-corrected chi connectivity index (χ2v) is 5.79. The van der Waals surface area contributed by atoms with E-state index in [1.165, 1.54) is 75.6 Å². The van der Waals surface area contributed by atoms with Crippen molar-refractivity contribution in [1.29, 1.82) is 0 Å². The molecule has 0 saturated carbocycles. The van der Waals surface area contributed by atoms with Gasteiger partial charge < -0.3 is 4.57 Å². The Balaban J connectivity index is 1.90. The van der Waals surface area contributed by atoms with Crippen LogP contribution < -0.4 is 0 Å². The van der Waals surface area contributed by atoms with Crippen molar-refractivity contribution in [3.63, 3.8) is 0 Å². The van der Waals surface area contributed by atoms with Gasteiger partial charge in [-0.05, 0) is 20.3 Å². The highest BCUT2D eigenvalue weighted by Crippen LogP contribution is 2.12. The van der Waals surface area contributed by atoms with Crippen LogP contribution in [-0.4, -0.2) is 9.55 Å². The van der Waals surface area contributed by atoms with Crippen molar-refractivity contribution in [3.05, 3.63) is 17.7 Å². The zero-order valence-corrected chi connectivity index (χ0v) is 13.2. The van der Waals surface area contributed by atoms with E-state index in [1.807, 2.05) is 6.33 Å². The molecule has 0 aliphatic rings. The summed E-state index contributed by atoms with van der Waals surface area (Å²) in [6.07, 6.45) is 16.0. The van der Waals surface area contributed by atoms with E-state index >= 15 is 0 Å². The fourth-order valence-electron chi connectivity index (χ4n) is 2.54. The number of imidazole rings is 1. The third-order valence-electron chi connectivity index (χ3n) is 4.10. The second kappa shape index (κ2) is 10.1. The van der Waals surface area contributed by atoms with E-state index in [0.29, 0.717) is 0 Å². The summed E-state index contributed by atoms with van der Waals surface area (Å²) in [5.74, 6) is 0. The Hall–Kier alpha value is -0.790. The molecule has 0 bridgehead atoms. The van der Waals surface area contributed by atoms with Crippen LogP contribution in [0, 0.1) is 13.8 Å². The molecule has 0 fully saturated rings. The molecule has 2 nitrogen and oxygen atoms in total. The number of hydrogen-bond acceptors (Lipinski definition) is 1. The molecule has 0 atom stereocenters. The van der Waals surface area contributed by atoms with Crippen LogP contribution in [-0.2, 0) is 6.54 Å². The lowest BCUT2D eigenvalue weighted by Gasteiger charge is -2.05. The van der Waals surface area contributed by atoms with Gasteiger partial charge in [-0.15, -0.1) is 0 Å². The summed E-state index contributed by atoms with van der Waals surface area (Å²) in [7, 11) is 0. The van der Waals surface area contributed by atoms with E-state index in [-0.39, 0.29) is 0 Å². The van der Waals surface area contributed by atoms with Gasteiger partial charge in [0.15, 0.2) is 0 Å². The Kier molecular flexibility index (Phi) is 8.61. The van der Waals surface area contributed by atoms with Crippen LogP contribution in [0.3, 0.4) is 0 Å². The van der Waals surface area contributed by atoms with E-state index < -0.39 is 0 Å². The minimum atomic E-state index is 1.14. The summed E-state index contributed by atoms with van der Waals surface area (Å²) in [5, 5.41) is 0. The molecule has 1 aromatic heterocycles. The van der Waals surface area contributed by atoms with Gasteiger partial charge in [0.1, 0.15) is 0 Å². The van der Waals surface area contributed by atoms with Gasteiger partial charge in [0, 0.05) is 12.2 Å². The predicted octanol–water partition coefficient (Wildman–Crippen LogP) is 5.42. The van der Waals surface area contributed by atoms with Gasteiger partial charge >= 0.3 is 0 Å². The van der Waals surface area contributed by atoms with Crippen molar-refractivity contribution in [2.75, 3.05) is 0 Å². The molecule has 19 heavy (non-hydrogen) atoms. The molecule has 110 valence electrons. The molecular weight excluding hydrogens is 232 g/mol. The molecule has 0 spiro atoms. The van der Waals surface area contributed by atoms with Crippen molar-refractivity contribution in [1.82, 2.24) is 9.55 Å². The maximum atomic E-state index is 4.34. The lowest BCUT2D eigenvalue weighted by atomic mass is 10.1. The second-order valence-electron chi connectivity index (χ2n) is 5.79. The lowest BCUT2D eigenvalue weighted by molar-refractivity contribution is 0.531. The molecule has 0 aliphatic heterocycles. The first-order valence-electron chi connectivity index (χ1n) is 8.24. The van der Waals surface area contributed by atoms with Crippen molar-refractivity contribution in [2.24, 2.45) is 0 Å². The predicted molar refractivity (Wildman–Crippen MR) is 83.5 cm³/mol. The van der Waals surface area contributed by atoms with E-state index in [4.69, 9.17) is 0 Å². The summed E-state index contributed by atoms with van der Waals surface area (Å²) >= 11 is 0. The number of nitrogens with zero attached hydrogens (tertiary/aromatic N) is 2. The molecule has 1 heterocycles. The molecule has 1 rings (SSSR count). The zero-order valence-electron chi connectivity index (χ0n) is 13.2. The minimum Gasteiger partial charge on any atom is -0.335 e. The Morgan fingerprint density at radius 2 is 1.37 bits per heavy atom. The third kappa shape index (κ3) is 6.79. The Bertz CT molecular complexity index is 328. The summed E-state index contributed by atoms with van der Waals surface area (Å²) in [6.45, 7) is 7.68. The van der Waals surface area contributed by atoms with E-state index in [0.717, 1.165) is 6.54 Å². The minimum absolute atomic E-state index is 1.14. The number of aromatic nitrogens is 2. The first-order chi connectivity index (χ1) is 9.25. The summed E-state index contributed by atoms with van der Waals surface area (Å²) < 4.78 is 2.29. The molecule has 0 aromatic carbocycles. The maximum Gasteiger partial charge on any atom is 0.0951 e. The first kappa shape index (κ1) is 16.3.